The minimum Gasteiger partial charge on any atom is -0.348 e. The van der Waals surface area contributed by atoms with E-state index in [9.17, 15) is 9.59 Å². The molecule has 0 unspecified atom stereocenters. The highest BCUT2D eigenvalue weighted by molar-refractivity contribution is 5.78. The monoisotopic (exact) mass is 317 g/mol. The van der Waals surface area contributed by atoms with Crippen LogP contribution in [0.5, 0.6) is 0 Å². The van der Waals surface area contributed by atoms with Gasteiger partial charge in [0.05, 0.1) is 12.6 Å². The summed E-state index contributed by atoms with van der Waals surface area (Å²) < 4.78 is 0. The van der Waals surface area contributed by atoms with Crippen LogP contribution in [0.3, 0.4) is 0 Å². The Labute approximate surface area is 138 Å². The first-order valence-electron chi connectivity index (χ1n) is 8.35. The van der Waals surface area contributed by atoms with E-state index in [0.29, 0.717) is 19.6 Å². The molecular formula is C18H27N3O2. The molecule has 1 saturated heterocycles. The number of carbonyl (C=O) groups excluding carboxylic acids is 2. The molecule has 0 aliphatic carbocycles. The normalized spacial score (nSPS) is 16.9. The van der Waals surface area contributed by atoms with Gasteiger partial charge in [-0.05, 0) is 24.5 Å². The number of hydrogen-bond donors (Lipinski definition) is 1. The van der Waals surface area contributed by atoms with Crippen LogP contribution in [-0.4, -0.2) is 54.3 Å². The van der Waals surface area contributed by atoms with Gasteiger partial charge in [0.2, 0.25) is 11.8 Å². The quantitative estimate of drug-likeness (QED) is 0.897. The minimum absolute atomic E-state index is 0.00640. The van der Waals surface area contributed by atoms with Crippen molar-refractivity contribution >= 4 is 11.8 Å². The Morgan fingerprint density at radius 1 is 1.13 bits per heavy atom. The number of nitrogens with one attached hydrogen (secondary N) is 1. The second-order valence-electron chi connectivity index (χ2n) is 6.17. The summed E-state index contributed by atoms with van der Waals surface area (Å²) in [6.45, 7) is 9.04. The van der Waals surface area contributed by atoms with Gasteiger partial charge in [0.1, 0.15) is 0 Å². The van der Waals surface area contributed by atoms with Gasteiger partial charge in [-0.15, -0.1) is 0 Å². The maximum atomic E-state index is 12.2. The second-order valence-corrected chi connectivity index (χ2v) is 6.17. The fourth-order valence-corrected chi connectivity index (χ4v) is 2.84. The number of hydrogen-bond acceptors (Lipinski definition) is 3. The molecule has 1 aromatic rings. The van der Waals surface area contributed by atoms with E-state index in [-0.39, 0.29) is 17.9 Å². The van der Waals surface area contributed by atoms with Crippen LogP contribution in [0.4, 0.5) is 0 Å². The molecule has 0 aromatic heterocycles. The molecule has 1 atom stereocenters. The lowest BCUT2D eigenvalue weighted by atomic mass is 10.1. The van der Waals surface area contributed by atoms with Crippen molar-refractivity contribution < 1.29 is 9.59 Å². The number of benzene rings is 1. The summed E-state index contributed by atoms with van der Waals surface area (Å²) in [4.78, 5) is 27.4. The van der Waals surface area contributed by atoms with Gasteiger partial charge in [0.25, 0.3) is 0 Å². The Morgan fingerprint density at radius 3 is 2.26 bits per heavy atom. The molecular weight excluding hydrogens is 290 g/mol. The van der Waals surface area contributed by atoms with Crippen LogP contribution >= 0.6 is 0 Å². The van der Waals surface area contributed by atoms with Gasteiger partial charge >= 0.3 is 0 Å². The van der Waals surface area contributed by atoms with Crippen molar-refractivity contribution in [1.82, 2.24) is 15.1 Å². The molecule has 126 valence electrons. The van der Waals surface area contributed by atoms with Gasteiger partial charge in [-0.3, -0.25) is 14.5 Å². The lowest BCUT2D eigenvalue weighted by Crippen LogP contribution is -2.50. The molecule has 1 heterocycles. The number of rotatable bonds is 5. The minimum atomic E-state index is 0.00640. The van der Waals surface area contributed by atoms with Crippen LogP contribution in [0.25, 0.3) is 0 Å². The Balaban J connectivity index is 1.79. The maximum Gasteiger partial charge on any atom is 0.234 e. The van der Waals surface area contributed by atoms with Crippen molar-refractivity contribution in [3.05, 3.63) is 35.4 Å². The average Bonchev–Trinajstić information content (AvgIpc) is 2.55. The zero-order valence-corrected chi connectivity index (χ0v) is 14.3. The molecule has 2 amide bonds. The summed E-state index contributed by atoms with van der Waals surface area (Å²) in [7, 11) is 0. The summed E-state index contributed by atoms with van der Waals surface area (Å²) in [6.07, 6.45) is 1.02. The number of carbonyl (C=O) groups is 2. The molecule has 5 heteroatoms. The van der Waals surface area contributed by atoms with Gasteiger partial charge in [-0.1, -0.05) is 31.2 Å². The first kappa shape index (κ1) is 17.5. The summed E-state index contributed by atoms with van der Waals surface area (Å²) in [5.41, 5.74) is 2.42. The van der Waals surface area contributed by atoms with Crippen LogP contribution in [0.15, 0.2) is 24.3 Å². The summed E-state index contributed by atoms with van der Waals surface area (Å²) in [5, 5.41) is 3.05. The molecule has 1 fully saturated rings. The zero-order valence-electron chi connectivity index (χ0n) is 14.3. The number of piperazine rings is 1. The van der Waals surface area contributed by atoms with E-state index in [0.717, 1.165) is 25.1 Å². The fourth-order valence-electron chi connectivity index (χ4n) is 2.84. The first-order chi connectivity index (χ1) is 11.0. The van der Waals surface area contributed by atoms with E-state index in [2.05, 4.69) is 41.4 Å². The molecule has 1 N–H and O–H groups in total. The van der Waals surface area contributed by atoms with Crippen molar-refractivity contribution in [3.63, 3.8) is 0 Å². The molecule has 0 saturated carbocycles. The van der Waals surface area contributed by atoms with Crippen molar-refractivity contribution in [1.29, 1.82) is 0 Å². The molecule has 0 spiro atoms. The molecule has 5 nitrogen and oxygen atoms in total. The molecule has 23 heavy (non-hydrogen) atoms. The van der Waals surface area contributed by atoms with Crippen LogP contribution in [-0.2, 0) is 16.0 Å². The molecule has 0 radical (unpaired) electrons. The highest BCUT2D eigenvalue weighted by atomic mass is 16.2. The topological polar surface area (TPSA) is 52.7 Å². The number of aryl methyl sites for hydroxylation is 1. The molecule has 2 rings (SSSR count). The SMILES string of the molecule is CCc1ccc([C@H](C)NC(=O)CN2CCN(C(C)=O)CC2)cc1. The van der Waals surface area contributed by atoms with E-state index in [1.54, 1.807) is 6.92 Å². The Kier molecular flexibility index (Phi) is 6.16. The van der Waals surface area contributed by atoms with Gasteiger partial charge in [-0.25, -0.2) is 0 Å². The van der Waals surface area contributed by atoms with Gasteiger partial charge in [0, 0.05) is 33.1 Å². The Bertz CT molecular complexity index is 534. The third-order valence-corrected chi connectivity index (χ3v) is 4.45. The second kappa shape index (κ2) is 8.11. The van der Waals surface area contributed by atoms with Gasteiger partial charge in [0.15, 0.2) is 0 Å². The molecule has 1 aliphatic heterocycles. The summed E-state index contributed by atoms with van der Waals surface area (Å²) in [6, 6.07) is 8.38. The molecule has 1 aliphatic rings. The van der Waals surface area contributed by atoms with Crippen LogP contribution in [0, 0.1) is 0 Å². The van der Waals surface area contributed by atoms with E-state index in [1.807, 2.05) is 11.8 Å². The van der Waals surface area contributed by atoms with E-state index < -0.39 is 0 Å². The Hall–Kier alpha value is -1.88. The lowest BCUT2D eigenvalue weighted by molar-refractivity contribution is -0.131. The van der Waals surface area contributed by atoms with E-state index in [4.69, 9.17) is 0 Å². The predicted molar refractivity (Wildman–Crippen MR) is 91.1 cm³/mol. The van der Waals surface area contributed by atoms with Gasteiger partial charge in [-0.2, -0.15) is 0 Å². The Morgan fingerprint density at radius 2 is 1.74 bits per heavy atom. The van der Waals surface area contributed by atoms with Crippen molar-refractivity contribution in [2.24, 2.45) is 0 Å². The number of nitrogens with zero attached hydrogens (tertiary/aromatic N) is 2. The van der Waals surface area contributed by atoms with E-state index in [1.165, 1.54) is 5.56 Å². The maximum absolute atomic E-state index is 12.2. The standard InChI is InChI=1S/C18H27N3O2/c1-4-16-5-7-17(8-6-16)14(2)19-18(23)13-20-9-11-21(12-10-20)15(3)22/h5-8,14H,4,9-13H2,1-3H3,(H,19,23)/t14-/m0/s1. The van der Waals surface area contributed by atoms with Crippen LogP contribution < -0.4 is 5.32 Å². The zero-order chi connectivity index (χ0) is 16.8. The summed E-state index contributed by atoms with van der Waals surface area (Å²) in [5.74, 6) is 0.145. The van der Waals surface area contributed by atoms with Crippen LogP contribution in [0.1, 0.15) is 37.9 Å². The van der Waals surface area contributed by atoms with Crippen LogP contribution in [0.2, 0.25) is 0 Å². The van der Waals surface area contributed by atoms with Crippen molar-refractivity contribution in [2.75, 3.05) is 32.7 Å². The average molecular weight is 317 g/mol. The van der Waals surface area contributed by atoms with E-state index >= 15 is 0 Å². The van der Waals surface area contributed by atoms with Crippen molar-refractivity contribution in [2.45, 2.75) is 33.2 Å². The van der Waals surface area contributed by atoms with Gasteiger partial charge < -0.3 is 10.2 Å². The highest BCUT2D eigenvalue weighted by Gasteiger charge is 2.20. The molecule has 0 bridgehead atoms. The third-order valence-electron chi connectivity index (χ3n) is 4.45. The lowest BCUT2D eigenvalue weighted by Gasteiger charge is -2.33. The number of amides is 2. The van der Waals surface area contributed by atoms with Crippen molar-refractivity contribution in [3.8, 4) is 0 Å². The highest BCUT2D eigenvalue weighted by Crippen LogP contribution is 2.13. The molecule has 1 aromatic carbocycles. The summed E-state index contributed by atoms with van der Waals surface area (Å²) >= 11 is 0. The predicted octanol–water partition coefficient (Wildman–Crippen LogP) is 1.59. The third kappa shape index (κ3) is 5.06. The smallest absolute Gasteiger partial charge is 0.234 e. The fraction of sp³-hybridized carbons (Fsp3) is 0.556. The largest absolute Gasteiger partial charge is 0.348 e. The first-order valence-corrected chi connectivity index (χ1v) is 8.35.